The Morgan fingerprint density at radius 2 is 2.56 bits per heavy atom. The normalized spacial score (nSPS) is 24.8. The predicted molar refractivity (Wildman–Crippen MR) is 35.8 cm³/mol. The number of hydrogen-bond donors (Lipinski definition) is 0. The molecule has 1 atom stereocenters. The molecule has 0 amide bonds. The second-order valence-corrected chi connectivity index (χ2v) is 2.99. The molecule has 0 saturated heterocycles. The maximum Gasteiger partial charge on any atom is 0.0988 e. The summed E-state index contributed by atoms with van der Waals surface area (Å²) in [6, 6.07) is 1.96. The summed E-state index contributed by atoms with van der Waals surface area (Å²) < 4.78 is 10.6. The highest BCUT2D eigenvalue weighted by Gasteiger charge is 1.98. The van der Waals surface area contributed by atoms with Crippen molar-refractivity contribution in [1.29, 1.82) is 5.26 Å². The van der Waals surface area contributed by atoms with Gasteiger partial charge in [-0.2, -0.15) is 5.26 Å². The molecule has 9 heavy (non-hydrogen) atoms. The molecule has 0 bridgehead atoms. The smallest absolute Gasteiger partial charge is 0.0988 e. The van der Waals surface area contributed by atoms with Crippen molar-refractivity contribution in [2.24, 2.45) is 0 Å². The molecule has 0 N–H and O–H groups in total. The first-order valence-corrected chi connectivity index (χ1v) is 3.87. The number of nitrogens with zero attached hydrogens (tertiary/aromatic N) is 1. The zero-order valence-electron chi connectivity index (χ0n) is 4.70. The zero-order valence-corrected chi connectivity index (χ0v) is 5.52. The standard InChI is InChI=1S/C6H5NOS/c7-5-6-1-3-9(8)4-2-6/h1-3H,4H2. The van der Waals surface area contributed by atoms with Crippen molar-refractivity contribution in [3.05, 3.63) is 23.1 Å². The van der Waals surface area contributed by atoms with E-state index in [1.165, 1.54) is 0 Å². The summed E-state index contributed by atoms with van der Waals surface area (Å²) in [5.41, 5.74) is 0.606. The summed E-state index contributed by atoms with van der Waals surface area (Å²) >= 11 is 0. The van der Waals surface area contributed by atoms with Crippen LogP contribution in [0.5, 0.6) is 0 Å². The van der Waals surface area contributed by atoms with Gasteiger partial charge >= 0.3 is 0 Å². The van der Waals surface area contributed by atoms with Crippen LogP contribution in [0.3, 0.4) is 0 Å². The summed E-state index contributed by atoms with van der Waals surface area (Å²) in [6.07, 6.45) is 3.26. The minimum Gasteiger partial charge on any atom is -0.255 e. The van der Waals surface area contributed by atoms with Crippen LogP contribution in [0, 0.1) is 11.3 Å². The monoisotopic (exact) mass is 139 g/mol. The third kappa shape index (κ3) is 1.51. The lowest BCUT2D eigenvalue weighted by atomic mass is 10.3. The van der Waals surface area contributed by atoms with Gasteiger partial charge in [-0.3, -0.25) is 4.21 Å². The molecule has 0 spiro atoms. The first kappa shape index (κ1) is 6.24. The minimum atomic E-state index is -0.871. The van der Waals surface area contributed by atoms with Gasteiger partial charge in [0.25, 0.3) is 0 Å². The first-order chi connectivity index (χ1) is 4.33. The molecular weight excluding hydrogens is 134 g/mol. The largest absolute Gasteiger partial charge is 0.255 e. The molecule has 1 rings (SSSR count). The van der Waals surface area contributed by atoms with Crippen molar-refractivity contribution in [3.8, 4) is 6.07 Å². The third-order valence-corrected chi connectivity index (χ3v) is 1.93. The van der Waals surface area contributed by atoms with Gasteiger partial charge in [-0.25, -0.2) is 0 Å². The number of hydrogen-bond acceptors (Lipinski definition) is 2. The van der Waals surface area contributed by atoms with Crippen molar-refractivity contribution in [2.75, 3.05) is 5.75 Å². The highest BCUT2D eigenvalue weighted by atomic mass is 32.2. The Bertz CT molecular complexity index is 234. The lowest BCUT2D eigenvalue weighted by molar-refractivity contribution is 0.690. The van der Waals surface area contributed by atoms with Gasteiger partial charge in [-0.15, -0.1) is 0 Å². The molecule has 2 nitrogen and oxygen atoms in total. The van der Waals surface area contributed by atoms with Crippen LogP contribution in [-0.4, -0.2) is 9.96 Å². The van der Waals surface area contributed by atoms with Crippen LogP contribution in [0.1, 0.15) is 0 Å². The maximum atomic E-state index is 10.6. The molecule has 1 aliphatic rings. The Morgan fingerprint density at radius 3 is 3.00 bits per heavy atom. The lowest BCUT2D eigenvalue weighted by Crippen LogP contribution is -1.94. The maximum absolute atomic E-state index is 10.6. The van der Waals surface area contributed by atoms with Crippen LogP contribution in [-0.2, 0) is 10.8 Å². The number of allylic oxidation sites excluding steroid dienone is 2. The zero-order chi connectivity index (χ0) is 6.69. The van der Waals surface area contributed by atoms with Crippen molar-refractivity contribution in [3.63, 3.8) is 0 Å². The Labute approximate surface area is 55.9 Å². The van der Waals surface area contributed by atoms with Crippen molar-refractivity contribution >= 4 is 10.8 Å². The fourth-order valence-corrected chi connectivity index (χ4v) is 1.28. The Morgan fingerprint density at radius 1 is 1.78 bits per heavy atom. The van der Waals surface area contributed by atoms with E-state index in [0.29, 0.717) is 11.3 Å². The molecule has 1 heterocycles. The van der Waals surface area contributed by atoms with Crippen LogP contribution in [0.15, 0.2) is 23.1 Å². The van der Waals surface area contributed by atoms with Crippen LogP contribution < -0.4 is 0 Å². The van der Waals surface area contributed by atoms with Crippen molar-refractivity contribution in [1.82, 2.24) is 0 Å². The van der Waals surface area contributed by atoms with E-state index in [9.17, 15) is 4.21 Å². The second-order valence-electron chi connectivity index (χ2n) is 1.62. The quantitative estimate of drug-likeness (QED) is 0.496. The van der Waals surface area contributed by atoms with Crippen LogP contribution >= 0.6 is 0 Å². The fraction of sp³-hybridized carbons (Fsp3) is 0.167. The summed E-state index contributed by atoms with van der Waals surface area (Å²) in [4.78, 5) is 0. The van der Waals surface area contributed by atoms with E-state index >= 15 is 0 Å². The summed E-state index contributed by atoms with van der Waals surface area (Å²) in [5.74, 6) is 0.486. The van der Waals surface area contributed by atoms with Crippen LogP contribution in [0.4, 0.5) is 0 Å². The molecule has 1 unspecified atom stereocenters. The molecule has 1 aliphatic heterocycles. The third-order valence-electron chi connectivity index (χ3n) is 0.996. The van der Waals surface area contributed by atoms with Gasteiger partial charge in [-0.05, 0) is 6.08 Å². The van der Waals surface area contributed by atoms with E-state index in [0.717, 1.165) is 0 Å². The molecule has 0 fully saturated rings. The van der Waals surface area contributed by atoms with E-state index in [2.05, 4.69) is 0 Å². The topological polar surface area (TPSA) is 40.9 Å². The van der Waals surface area contributed by atoms with Crippen molar-refractivity contribution < 1.29 is 4.21 Å². The second kappa shape index (κ2) is 2.60. The van der Waals surface area contributed by atoms with Gasteiger partial charge in [0.15, 0.2) is 0 Å². The minimum absolute atomic E-state index is 0.486. The SMILES string of the molecule is N#CC1=CCS(=O)C=C1. The fourth-order valence-electron chi connectivity index (χ4n) is 0.528. The van der Waals surface area contributed by atoms with Crippen LogP contribution in [0.2, 0.25) is 0 Å². The lowest BCUT2D eigenvalue weighted by Gasteiger charge is -1.95. The average Bonchev–Trinajstić information content (AvgIpc) is 1.90. The van der Waals surface area contributed by atoms with Gasteiger partial charge in [-0.1, -0.05) is 6.08 Å². The Hall–Kier alpha value is -0.880. The van der Waals surface area contributed by atoms with Crippen molar-refractivity contribution in [2.45, 2.75) is 0 Å². The van der Waals surface area contributed by atoms with Gasteiger partial charge in [0.1, 0.15) is 0 Å². The highest BCUT2D eigenvalue weighted by molar-refractivity contribution is 7.88. The van der Waals surface area contributed by atoms with E-state index in [1.807, 2.05) is 6.07 Å². The molecule has 0 aromatic heterocycles. The molecule has 0 aromatic carbocycles. The first-order valence-electron chi connectivity index (χ1n) is 2.48. The molecule has 0 aliphatic carbocycles. The summed E-state index contributed by atoms with van der Waals surface area (Å²) in [7, 11) is -0.871. The molecule has 0 saturated carbocycles. The van der Waals surface area contributed by atoms with Gasteiger partial charge < -0.3 is 0 Å². The van der Waals surface area contributed by atoms with Gasteiger partial charge in [0.05, 0.1) is 6.07 Å². The number of nitriles is 1. The van der Waals surface area contributed by atoms with Crippen LogP contribution in [0.25, 0.3) is 0 Å². The summed E-state index contributed by atoms with van der Waals surface area (Å²) in [5, 5.41) is 9.85. The Kier molecular flexibility index (Phi) is 1.81. The molecule has 46 valence electrons. The van der Waals surface area contributed by atoms with E-state index < -0.39 is 10.8 Å². The highest BCUT2D eigenvalue weighted by Crippen LogP contribution is 2.03. The molecule has 3 heteroatoms. The Balaban J connectivity index is 2.77. The van der Waals surface area contributed by atoms with E-state index in [-0.39, 0.29) is 0 Å². The van der Waals surface area contributed by atoms with E-state index in [1.54, 1.807) is 17.6 Å². The number of rotatable bonds is 0. The van der Waals surface area contributed by atoms with Gasteiger partial charge in [0.2, 0.25) is 0 Å². The predicted octanol–water partition coefficient (Wildman–Crippen LogP) is 0.712. The average molecular weight is 139 g/mol. The van der Waals surface area contributed by atoms with E-state index in [4.69, 9.17) is 5.26 Å². The molecular formula is C6H5NOS. The van der Waals surface area contributed by atoms with Gasteiger partial charge in [0, 0.05) is 27.5 Å². The molecule has 0 aromatic rings. The molecule has 0 radical (unpaired) electrons. The summed E-state index contributed by atoms with van der Waals surface area (Å²) in [6.45, 7) is 0.